The number of sulfonamides is 1. The van der Waals surface area contributed by atoms with Gasteiger partial charge in [-0.15, -0.1) is 22.7 Å². The lowest BCUT2D eigenvalue weighted by Crippen LogP contribution is -2.38. The molecule has 0 spiro atoms. The predicted octanol–water partition coefficient (Wildman–Crippen LogP) is 2.77. The third-order valence-corrected chi connectivity index (χ3v) is 9.80. The minimum absolute atomic E-state index is 0.0389. The Hall–Kier alpha value is -3.76. The van der Waals surface area contributed by atoms with Crippen LogP contribution < -0.4 is 20.3 Å². The van der Waals surface area contributed by atoms with Gasteiger partial charge in [-0.05, 0) is 19.2 Å². The topological polar surface area (TPSA) is 154 Å². The number of anilines is 2. The van der Waals surface area contributed by atoms with Crippen molar-refractivity contribution in [3.8, 4) is 0 Å². The van der Waals surface area contributed by atoms with Crippen molar-refractivity contribution in [2.45, 2.75) is 24.7 Å². The summed E-state index contributed by atoms with van der Waals surface area (Å²) in [5.74, 6) is -0.667. The van der Waals surface area contributed by atoms with Gasteiger partial charge in [0.1, 0.15) is 0 Å². The number of likely N-dealkylation sites (N-methyl/N-ethyl adjacent to an activating group) is 1. The molecule has 12 nitrogen and oxygen atoms in total. The number of hydrogen-bond donors (Lipinski definition) is 3. The lowest BCUT2D eigenvalue weighted by molar-refractivity contribution is -0.120. The van der Waals surface area contributed by atoms with E-state index in [1.165, 1.54) is 29.6 Å². The highest BCUT2D eigenvalue weighted by Crippen LogP contribution is 2.30. The van der Waals surface area contributed by atoms with Crippen LogP contribution in [0.2, 0.25) is 0 Å². The Morgan fingerprint density at radius 1 is 0.864 bits per heavy atom. The molecule has 0 bridgehead atoms. The zero-order valence-electron chi connectivity index (χ0n) is 24.9. The second-order valence-corrected chi connectivity index (χ2v) is 13.8. The van der Waals surface area contributed by atoms with E-state index in [1.807, 2.05) is 55.2 Å². The molecule has 0 atom stereocenters. The summed E-state index contributed by atoms with van der Waals surface area (Å²) < 4.78 is 28.9. The minimum atomic E-state index is -3.73. The van der Waals surface area contributed by atoms with Gasteiger partial charge in [0.15, 0.2) is 15.9 Å². The van der Waals surface area contributed by atoms with Crippen molar-refractivity contribution < 1.29 is 22.8 Å². The van der Waals surface area contributed by atoms with Gasteiger partial charge in [0.2, 0.25) is 21.8 Å². The van der Waals surface area contributed by atoms with Crippen LogP contribution in [0.1, 0.15) is 28.1 Å². The Bertz CT molecular complexity index is 1750. The Morgan fingerprint density at radius 2 is 1.55 bits per heavy atom. The number of benzene rings is 2. The van der Waals surface area contributed by atoms with Crippen molar-refractivity contribution in [3.63, 3.8) is 0 Å². The van der Waals surface area contributed by atoms with Crippen molar-refractivity contribution in [2.24, 2.45) is 0 Å². The van der Waals surface area contributed by atoms with Gasteiger partial charge < -0.3 is 20.4 Å². The number of fused-ring (bicyclic) bond motifs is 1. The maximum absolute atomic E-state index is 13.1. The number of nitrogens with zero attached hydrogens (tertiary/aromatic N) is 4. The quantitative estimate of drug-likeness (QED) is 0.164. The first-order valence-corrected chi connectivity index (χ1v) is 17.0. The lowest BCUT2D eigenvalue weighted by atomic mass is 10.1. The number of nitrogens with one attached hydrogen (secondary N) is 3. The highest BCUT2D eigenvalue weighted by Gasteiger charge is 2.19. The highest BCUT2D eigenvalue weighted by molar-refractivity contribution is 7.89. The lowest BCUT2D eigenvalue weighted by Gasteiger charge is -2.18. The van der Waals surface area contributed by atoms with Crippen LogP contribution in [-0.4, -0.2) is 88.2 Å². The van der Waals surface area contributed by atoms with E-state index in [-0.39, 0.29) is 41.9 Å². The van der Waals surface area contributed by atoms with Crippen molar-refractivity contribution >= 4 is 71.9 Å². The van der Waals surface area contributed by atoms with Gasteiger partial charge in [0, 0.05) is 74.4 Å². The SMILES string of the molecule is CC(=O)Nc1nc(CC(=O)c2nc(CC(=O)NCCN(C)CCNS(=O)(=O)c3cccc4c(N(C)C)cccc34)cs2)cs1. The fourth-order valence-corrected chi connectivity index (χ4v) is 7.17. The predicted molar refractivity (Wildman–Crippen MR) is 174 cm³/mol. The number of carbonyl (C=O) groups is 3. The van der Waals surface area contributed by atoms with E-state index >= 15 is 0 Å². The molecule has 3 N–H and O–H groups in total. The normalized spacial score (nSPS) is 11.6. The van der Waals surface area contributed by atoms with Crippen molar-refractivity contribution in [3.05, 3.63) is 63.6 Å². The summed E-state index contributed by atoms with van der Waals surface area (Å²) in [6.45, 7) is 2.94. The van der Waals surface area contributed by atoms with E-state index in [0.29, 0.717) is 46.5 Å². The molecule has 0 radical (unpaired) electrons. The minimum Gasteiger partial charge on any atom is -0.377 e. The zero-order chi connectivity index (χ0) is 31.9. The van der Waals surface area contributed by atoms with Crippen LogP contribution in [0.25, 0.3) is 10.8 Å². The van der Waals surface area contributed by atoms with Gasteiger partial charge in [0.25, 0.3) is 0 Å². The number of Topliss-reactive ketones (excluding diaryl/α,β-unsaturated/α-hetero) is 1. The Balaban J connectivity index is 1.19. The summed E-state index contributed by atoms with van der Waals surface area (Å²) >= 11 is 2.42. The van der Waals surface area contributed by atoms with Gasteiger partial charge in [-0.2, -0.15) is 0 Å². The van der Waals surface area contributed by atoms with E-state index in [1.54, 1.807) is 22.9 Å². The van der Waals surface area contributed by atoms with Gasteiger partial charge in [-0.25, -0.2) is 23.1 Å². The summed E-state index contributed by atoms with van der Waals surface area (Å²) in [5, 5.41) is 11.1. The molecule has 0 aliphatic heterocycles. The maximum Gasteiger partial charge on any atom is 0.241 e. The second-order valence-electron chi connectivity index (χ2n) is 10.3. The third kappa shape index (κ3) is 8.89. The second kappa shape index (κ2) is 14.8. The van der Waals surface area contributed by atoms with Crippen LogP contribution >= 0.6 is 22.7 Å². The van der Waals surface area contributed by atoms with Crippen molar-refractivity contribution in [1.82, 2.24) is 24.9 Å². The Morgan fingerprint density at radius 3 is 2.30 bits per heavy atom. The van der Waals surface area contributed by atoms with Crippen LogP contribution in [-0.2, 0) is 32.5 Å². The number of hydrogen-bond acceptors (Lipinski definition) is 11. The molecule has 0 aliphatic carbocycles. The molecule has 2 amide bonds. The highest BCUT2D eigenvalue weighted by atomic mass is 32.2. The molecule has 0 saturated heterocycles. The summed E-state index contributed by atoms with van der Waals surface area (Å²) in [6, 6.07) is 10.9. The molecular formula is C29H35N7O5S3. The van der Waals surface area contributed by atoms with Crippen LogP contribution in [0.15, 0.2) is 52.1 Å². The summed E-state index contributed by atoms with van der Waals surface area (Å²) in [5.41, 5.74) is 1.99. The van der Waals surface area contributed by atoms with Gasteiger partial charge in [-0.1, -0.05) is 24.3 Å². The largest absolute Gasteiger partial charge is 0.377 e. The van der Waals surface area contributed by atoms with Crippen LogP contribution in [0.3, 0.4) is 0 Å². The maximum atomic E-state index is 13.1. The molecule has 2 aromatic heterocycles. The molecule has 44 heavy (non-hydrogen) atoms. The van der Waals surface area contributed by atoms with E-state index in [4.69, 9.17) is 0 Å². The molecule has 234 valence electrons. The fraction of sp³-hybridized carbons (Fsp3) is 0.345. The average Bonchev–Trinajstić information content (AvgIpc) is 3.61. The molecule has 0 fully saturated rings. The first-order chi connectivity index (χ1) is 20.9. The number of amides is 2. The fourth-order valence-electron chi connectivity index (χ4n) is 4.41. The summed E-state index contributed by atoms with van der Waals surface area (Å²) in [6.07, 6.45) is 0.0916. The van der Waals surface area contributed by atoms with Crippen molar-refractivity contribution in [1.29, 1.82) is 0 Å². The van der Waals surface area contributed by atoms with E-state index in [9.17, 15) is 22.8 Å². The van der Waals surface area contributed by atoms with E-state index in [2.05, 4.69) is 25.3 Å². The van der Waals surface area contributed by atoms with E-state index in [0.717, 1.165) is 11.1 Å². The summed E-state index contributed by atoms with van der Waals surface area (Å²) in [7, 11) is 1.96. The number of aromatic nitrogens is 2. The van der Waals surface area contributed by atoms with Gasteiger partial charge in [0.05, 0.1) is 29.1 Å². The number of ketones is 1. The van der Waals surface area contributed by atoms with E-state index < -0.39 is 10.0 Å². The van der Waals surface area contributed by atoms with Crippen LogP contribution in [0.5, 0.6) is 0 Å². The molecule has 4 aromatic rings. The Labute approximate surface area is 264 Å². The first kappa shape index (κ1) is 33.1. The zero-order valence-corrected chi connectivity index (χ0v) is 27.4. The molecule has 4 rings (SSSR count). The molecular weight excluding hydrogens is 623 g/mol. The van der Waals surface area contributed by atoms with Crippen LogP contribution in [0.4, 0.5) is 10.8 Å². The molecule has 0 saturated carbocycles. The molecule has 0 unspecified atom stereocenters. The average molecular weight is 658 g/mol. The first-order valence-electron chi connectivity index (χ1n) is 13.8. The summed E-state index contributed by atoms with van der Waals surface area (Å²) in [4.78, 5) is 48.8. The molecule has 2 heterocycles. The number of carbonyl (C=O) groups excluding carboxylic acids is 3. The van der Waals surface area contributed by atoms with Gasteiger partial charge in [-0.3, -0.25) is 14.4 Å². The molecule has 0 aliphatic rings. The van der Waals surface area contributed by atoms with Gasteiger partial charge >= 0.3 is 0 Å². The third-order valence-electron chi connectivity index (χ3n) is 6.54. The smallest absolute Gasteiger partial charge is 0.241 e. The number of rotatable bonds is 15. The number of thiazole rings is 2. The van der Waals surface area contributed by atoms with Crippen LogP contribution in [0, 0.1) is 0 Å². The molecule has 15 heteroatoms. The Kier molecular flexibility index (Phi) is 11.2. The molecule has 2 aromatic carbocycles. The van der Waals surface area contributed by atoms with Crippen molar-refractivity contribution in [2.75, 3.05) is 57.5 Å². The monoisotopic (exact) mass is 657 g/mol. The standard InChI is InChI=1S/C29H35N7O5S3/c1-19(37)32-29-34-20(18-43-29)15-25(38)28-33-21(17-42-28)16-27(39)30-11-13-36(4)14-12-31-44(40,41)26-10-6-7-22-23(26)8-5-9-24(22)35(2)3/h5-10,17-18,31H,11-16H2,1-4H3,(H,30,39)(H,32,34,37).